The monoisotopic (exact) mass is 252 g/mol. The molecule has 0 unspecified atom stereocenters. The molecule has 0 aliphatic rings. The molecule has 2 rings (SSSR count). The molecule has 2 aromatic carbocycles. The molecule has 0 saturated carbocycles. The van der Waals surface area contributed by atoms with Gasteiger partial charge in [0.2, 0.25) is 0 Å². The fourth-order valence-electron chi connectivity index (χ4n) is 2.65. The topological polar surface area (TPSA) is 17.1 Å². The third-order valence-electron chi connectivity index (χ3n) is 3.44. The Morgan fingerprint density at radius 1 is 0.947 bits per heavy atom. The number of carbonyl (C=O) groups is 1. The summed E-state index contributed by atoms with van der Waals surface area (Å²) in [4.78, 5) is 12.4. The zero-order valence-electron chi connectivity index (χ0n) is 11.9. The smallest absolute Gasteiger partial charge is 0.163 e. The van der Waals surface area contributed by atoms with Crippen LogP contribution in [0.25, 0.3) is 0 Å². The summed E-state index contributed by atoms with van der Waals surface area (Å²) < 4.78 is 0. The Balaban J connectivity index is 2.13. The molecule has 0 aromatic heterocycles. The van der Waals surface area contributed by atoms with Gasteiger partial charge < -0.3 is 0 Å². The van der Waals surface area contributed by atoms with Gasteiger partial charge >= 0.3 is 0 Å². The molecule has 0 aliphatic carbocycles. The van der Waals surface area contributed by atoms with Crippen molar-refractivity contribution in [3.05, 3.63) is 70.3 Å². The van der Waals surface area contributed by atoms with Gasteiger partial charge in [0.15, 0.2) is 5.78 Å². The average Bonchev–Trinajstić information content (AvgIpc) is 2.36. The van der Waals surface area contributed by atoms with Crippen molar-refractivity contribution < 1.29 is 4.79 Å². The number of ketones is 1. The SMILES string of the molecule is Cc1cc(C)c(C(=O)CCc2ccccc2)c(C)c1. The number of carbonyl (C=O) groups excluding carboxylic acids is 1. The van der Waals surface area contributed by atoms with Crippen LogP contribution in [-0.4, -0.2) is 5.78 Å². The Bertz CT molecular complexity index is 559. The van der Waals surface area contributed by atoms with Gasteiger partial charge in [-0.1, -0.05) is 48.0 Å². The van der Waals surface area contributed by atoms with Crippen LogP contribution < -0.4 is 0 Å². The lowest BCUT2D eigenvalue weighted by molar-refractivity contribution is 0.0981. The summed E-state index contributed by atoms with van der Waals surface area (Å²) in [6, 6.07) is 14.3. The van der Waals surface area contributed by atoms with Crippen molar-refractivity contribution in [2.45, 2.75) is 33.6 Å². The zero-order chi connectivity index (χ0) is 13.8. The van der Waals surface area contributed by atoms with Crippen molar-refractivity contribution >= 4 is 5.78 Å². The van der Waals surface area contributed by atoms with Crippen molar-refractivity contribution in [1.29, 1.82) is 0 Å². The molecular weight excluding hydrogens is 232 g/mol. The Hall–Kier alpha value is -1.89. The molecule has 0 N–H and O–H groups in total. The minimum absolute atomic E-state index is 0.249. The molecule has 1 heteroatoms. The molecule has 19 heavy (non-hydrogen) atoms. The molecule has 0 atom stereocenters. The maximum atomic E-state index is 12.4. The van der Waals surface area contributed by atoms with Crippen LogP contribution in [0.5, 0.6) is 0 Å². The molecule has 0 saturated heterocycles. The second kappa shape index (κ2) is 5.83. The summed E-state index contributed by atoms with van der Waals surface area (Å²) in [5.41, 5.74) is 5.53. The number of hydrogen-bond donors (Lipinski definition) is 0. The molecule has 0 radical (unpaired) electrons. The van der Waals surface area contributed by atoms with Gasteiger partial charge in [0.25, 0.3) is 0 Å². The molecule has 0 amide bonds. The van der Waals surface area contributed by atoms with Gasteiger partial charge in [-0.25, -0.2) is 0 Å². The number of hydrogen-bond acceptors (Lipinski definition) is 1. The molecule has 1 nitrogen and oxygen atoms in total. The van der Waals surface area contributed by atoms with E-state index >= 15 is 0 Å². The number of benzene rings is 2. The molecular formula is C18H20O. The molecule has 0 heterocycles. The van der Waals surface area contributed by atoms with E-state index in [0.29, 0.717) is 6.42 Å². The van der Waals surface area contributed by atoms with E-state index in [1.54, 1.807) is 0 Å². The Morgan fingerprint density at radius 2 is 1.53 bits per heavy atom. The first-order valence-corrected chi connectivity index (χ1v) is 6.73. The zero-order valence-corrected chi connectivity index (χ0v) is 11.9. The van der Waals surface area contributed by atoms with E-state index in [0.717, 1.165) is 23.1 Å². The highest BCUT2D eigenvalue weighted by Gasteiger charge is 2.12. The van der Waals surface area contributed by atoms with Crippen molar-refractivity contribution in [1.82, 2.24) is 0 Å². The normalized spacial score (nSPS) is 10.5. The number of rotatable bonds is 4. The largest absolute Gasteiger partial charge is 0.294 e. The minimum atomic E-state index is 0.249. The summed E-state index contributed by atoms with van der Waals surface area (Å²) in [5.74, 6) is 0.249. The fourth-order valence-corrected chi connectivity index (χ4v) is 2.65. The van der Waals surface area contributed by atoms with E-state index in [1.807, 2.05) is 32.0 Å². The summed E-state index contributed by atoms with van der Waals surface area (Å²) in [7, 11) is 0. The Labute approximate surface area is 115 Å². The minimum Gasteiger partial charge on any atom is -0.294 e. The first-order valence-electron chi connectivity index (χ1n) is 6.73. The second-order valence-electron chi connectivity index (χ2n) is 5.18. The predicted molar refractivity (Wildman–Crippen MR) is 79.7 cm³/mol. The summed E-state index contributed by atoms with van der Waals surface area (Å²) in [6.45, 7) is 6.11. The van der Waals surface area contributed by atoms with E-state index in [9.17, 15) is 4.79 Å². The van der Waals surface area contributed by atoms with Gasteiger partial charge in [0, 0.05) is 12.0 Å². The summed E-state index contributed by atoms with van der Waals surface area (Å²) >= 11 is 0. The van der Waals surface area contributed by atoms with E-state index in [-0.39, 0.29) is 5.78 Å². The molecule has 0 bridgehead atoms. The van der Waals surface area contributed by atoms with Crippen LogP contribution in [0, 0.1) is 20.8 Å². The third-order valence-corrected chi connectivity index (χ3v) is 3.44. The van der Waals surface area contributed by atoms with E-state index in [1.165, 1.54) is 11.1 Å². The van der Waals surface area contributed by atoms with Gasteiger partial charge in [-0.2, -0.15) is 0 Å². The van der Waals surface area contributed by atoms with Crippen LogP contribution in [-0.2, 0) is 6.42 Å². The van der Waals surface area contributed by atoms with E-state index < -0.39 is 0 Å². The van der Waals surface area contributed by atoms with Crippen molar-refractivity contribution in [3.8, 4) is 0 Å². The van der Waals surface area contributed by atoms with E-state index in [4.69, 9.17) is 0 Å². The van der Waals surface area contributed by atoms with Gasteiger partial charge in [-0.05, 0) is 43.9 Å². The van der Waals surface area contributed by atoms with Gasteiger partial charge in [-0.3, -0.25) is 4.79 Å². The van der Waals surface area contributed by atoms with Crippen molar-refractivity contribution in [2.75, 3.05) is 0 Å². The maximum Gasteiger partial charge on any atom is 0.163 e. The standard InChI is InChI=1S/C18H20O/c1-13-11-14(2)18(15(3)12-13)17(19)10-9-16-7-5-4-6-8-16/h4-8,11-12H,9-10H2,1-3H3. The van der Waals surface area contributed by atoms with Crippen LogP contribution in [0.3, 0.4) is 0 Å². The number of aryl methyl sites for hydroxylation is 4. The Morgan fingerprint density at radius 3 is 2.11 bits per heavy atom. The van der Waals surface area contributed by atoms with Gasteiger partial charge in [0.05, 0.1) is 0 Å². The molecule has 98 valence electrons. The lowest BCUT2D eigenvalue weighted by atomic mass is 9.94. The van der Waals surface area contributed by atoms with Crippen LogP contribution in [0.15, 0.2) is 42.5 Å². The fraction of sp³-hybridized carbons (Fsp3) is 0.278. The van der Waals surface area contributed by atoms with Crippen molar-refractivity contribution in [2.24, 2.45) is 0 Å². The first-order chi connectivity index (χ1) is 9.08. The lowest BCUT2D eigenvalue weighted by Gasteiger charge is -2.10. The average molecular weight is 252 g/mol. The molecule has 0 fully saturated rings. The maximum absolute atomic E-state index is 12.4. The van der Waals surface area contributed by atoms with Crippen LogP contribution in [0.4, 0.5) is 0 Å². The van der Waals surface area contributed by atoms with E-state index in [2.05, 4.69) is 31.2 Å². The number of Topliss-reactive ketones (excluding diaryl/α,β-unsaturated/α-hetero) is 1. The van der Waals surface area contributed by atoms with Gasteiger partial charge in [0.1, 0.15) is 0 Å². The third kappa shape index (κ3) is 3.31. The van der Waals surface area contributed by atoms with Crippen molar-refractivity contribution in [3.63, 3.8) is 0 Å². The highest BCUT2D eigenvalue weighted by Crippen LogP contribution is 2.19. The van der Waals surface area contributed by atoms with Crippen LogP contribution >= 0.6 is 0 Å². The molecule has 0 spiro atoms. The molecule has 0 aliphatic heterocycles. The highest BCUT2D eigenvalue weighted by atomic mass is 16.1. The highest BCUT2D eigenvalue weighted by molar-refractivity contribution is 5.99. The lowest BCUT2D eigenvalue weighted by Crippen LogP contribution is -2.06. The first kappa shape index (κ1) is 13.5. The Kier molecular flexibility index (Phi) is 4.16. The molecule has 2 aromatic rings. The predicted octanol–water partition coefficient (Wildman–Crippen LogP) is 4.43. The van der Waals surface area contributed by atoms with Gasteiger partial charge in [-0.15, -0.1) is 0 Å². The second-order valence-corrected chi connectivity index (χ2v) is 5.18. The summed E-state index contributed by atoms with van der Waals surface area (Å²) in [5, 5.41) is 0. The van der Waals surface area contributed by atoms with Crippen LogP contribution in [0.1, 0.15) is 39.0 Å². The summed E-state index contributed by atoms with van der Waals surface area (Å²) in [6.07, 6.45) is 1.39. The van der Waals surface area contributed by atoms with Crippen LogP contribution in [0.2, 0.25) is 0 Å². The quantitative estimate of drug-likeness (QED) is 0.736.